The SMILES string of the molecule is C=C(C)c1cc(C(=C)N)cc(C(=C)N)c1. The molecule has 0 atom stereocenters. The van der Waals surface area contributed by atoms with Gasteiger partial charge in [-0.3, -0.25) is 0 Å². The Labute approximate surface area is 90.6 Å². The van der Waals surface area contributed by atoms with Crippen LogP contribution in [0.4, 0.5) is 0 Å². The standard InChI is InChI=1S/C13H16N2/c1-8(2)11-5-12(9(3)14)7-13(6-11)10(4)15/h5-7H,1,3-4,14-15H2,2H3. The summed E-state index contributed by atoms with van der Waals surface area (Å²) in [6, 6.07) is 5.76. The van der Waals surface area contributed by atoms with Gasteiger partial charge in [0.25, 0.3) is 0 Å². The topological polar surface area (TPSA) is 52.0 Å². The molecule has 0 aliphatic rings. The van der Waals surface area contributed by atoms with Crippen molar-refractivity contribution in [3.05, 3.63) is 54.6 Å². The summed E-state index contributed by atoms with van der Waals surface area (Å²) in [5, 5.41) is 0. The van der Waals surface area contributed by atoms with Crippen LogP contribution in [0.25, 0.3) is 17.0 Å². The Kier molecular flexibility index (Phi) is 3.00. The molecule has 0 saturated carbocycles. The first-order chi connectivity index (χ1) is 6.91. The number of hydrogen-bond acceptors (Lipinski definition) is 2. The lowest BCUT2D eigenvalue weighted by Gasteiger charge is -2.09. The van der Waals surface area contributed by atoms with Crippen LogP contribution in [0, 0.1) is 0 Å². The van der Waals surface area contributed by atoms with E-state index in [1.165, 1.54) is 0 Å². The number of hydrogen-bond donors (Lipinski definition) is 2. The van der Waals surface area contributed by atoms with Crippen LogP contribution in [0.2, 0.25) is 0 Å². The summed E-state index contributed by atoms with van der Waals surface area (Å²) in [7, 11) is 0. The van der Waals surface area contributed by atoms with E-state index in [1.807, 2.05) is 25.1 Å². The summed E-state index contributed by atoms with van der Waals surface area (Å²) in [5.74, 6) is 0. The molecule has 4 N–H and O–H groups in total. The summed E-state index contributed by atoms with van der Waals surface area (Å²) in [6.07, 6.45) is 0. The first-order valence-corrected chi connectivity index (χ1v) is 4.62. The first-order valence-electron chi connectivity index (χ1n) is 4.62. The lowest BCUT2D eigenvalue weighted by atomic mass is 9.99. The fraction of sp³-hybridized carbons (Fsp3) is 0.0769. The van der Waals surface area contributed by atoms with Crippen LogP contribution >= 0.6 is 0 Å². The first kappa shape index (κ1) is 11.1. The monoisotopic (exact) mass is 200 g/mol. The molecule has 1 aromatic rings. The van der Waals surface area contributed by atoms with E-state index in [-0.39, 0.29) is 0 Å². The largest absolute Gasteiger partial charge is 0.399 e. The summed E-state index contributed by atoms with van der Waals surface area (Å²) >= 11 is 0. The molecule has 0 fully saturated rings. The molecule has 2 nitrogen and oxygen atoms in total. The minimum atomic E-state index is 0.514. The van der Waals surface area contributed by atoms with Gasteiger partial charge >= 0.3 is 0 Å². The second kappa shape index (κ2) is 4.05. The average molecular weight is 200 g/mol. The summed E-state index contributed by atoms with van der Waals surface area (Å²) in [5.41, 5.74) is 16.0. The molecule has 0 spiro atoms. The smallest absolute Gasteiger partial charge is 0.0315 e. The molecule has 0 amide bonds. The van der Waals surface area contributed by atoms with Gasteiger partial charge in [-0.25, -0.2) is 0 Å². The van der Waals surface area contributed by atoms with Gasteiger partial charge in [0.1, 0.15) is 0 Å². The second-order valence-corrected chi connectivity index (χ2v) is 3.63. The fourth-order valence-corrected chi connectivity index (χ4v) is 1.24. The molecule has 0 heterocycles. The van der Waals surface area contributed by atoms with Crippen molar-refractivity contribution in [2.75, 3.05) is 0 Å². The van der Waals surface area contributed by atoms with Crippen LogP contribution in [-0.4, -0.2) is 0 Å². The highest BCUT2D eigenvalue weighted by Gasteiger charge is 2.03. The number of benzene rings is 1. The molecule has 1 rings (SSSR count). The maximum Gasteiger partial charge on any atom is 0.0315 e. The molecule has 0 unspecified atom stereocenters. The molecule has 1 aromatic carbocycles. The Hall–Kier alpha value is -1.96. The summed E-state index contributed by atoms with van der Waals surface area (Å²) < 4.78 is 0. The summed E-state index contributed by atoms with van der Waals surface area (Å²) in [4.78, 5) is 0. The van der Waals surface area contributed by atoms with E-state index in [9.17, 15) is 0 Å². The van der Waals surface area contributed by atoms with Gasteiger partial charge in [0.05, 0.1) is 0 Å². The van der Waals surface area contributed by atoms with Crippen molar-refractivity contribution in [1.29, 1.82) is 0 Å². The third kappa shape index (κ3) is 2.50. The van der Waals surface area contributed by atoms with Crippen molar-refractivity contribution < 1.29 is 0 Å². The highest BCUT2D eigenvalue weighted by atomic mass is 14.6. The van der Waals surface area contributed by atoms with E-state index in [1.54, 1.807) is 0 Å². The molecule has 0 radical (unpaired) electrons. The number of allylic oxidation sites excluding steroid dienone is 1. The van der Waals surface area contributed by atoms with Gasteiger partial charge in [-0.15, -0.1) is 0 Å². The zero-order valence-corrected chi connectivity index (χ0v) is 9.01. The molecular weight excluding hydrogens is 184 g/mol. The van der Waals surface area contributed by atoms with Crippen molar-refractivity contribution in [2.45, 2.75) is 6.92 Å². The highest BCUT2D eigenvalue weighted by Crippen LogP contribution is 2.21. The molecule has 0 aromatic heterocycles. The molecule has 0 aliphatic carbocycles. The molecular formula is C13H16N2. The third-order valence-corrected chi connectivity index (χ3v) is 2.17. The predicted octanol–water partition coefficient (Wildman–Crippen LogP) is 2.58. The second-order valence-electron chi connectivity index (χ2n) is 3.63. The van der Waals surface area contributed by atoms with Crippen LogP contribution in [0.15, 0.2) is 37.9 Å². The van der Waals surface area contributed by atoms with Gasteiger partial charge in [-0.1, -0.05) is 25.3 Å². The van der Waals surface area contributed by atoms with Crippen LogP contribution in [0.5, 0.6) is 0 Å². The number of rotatable bonds is 3. The van der Waals surface area contributed by atoms with Gasteiger partial charge in [-0.05, 0) is 41.8 Å². The minimum Gasteiger partial charge on any atom is -0.399 e. The van der Waals surface area contributed by atoms with Crippen molar-refractivity contribution in [3.8, 4) is 0 Å². The van der Waals surface area contributed by atoms with Crippen LogP contribution < -0.4 is 11.5 Å². The van der Waals surface area contributed by atoms with E-state index in [4.69, 9.17) is 11.5 Å². The van der Waals surface area contributed by atoms with E-state index in [0.29, 0.717) is 11.4 Å². The fourth-order valence-electron chi connectivity index (χ4n) is 1.24. The maximum atomic E-state index is 5.66. The molecule has 15 heavy (non-hydrogen) atoms. The molecule has 2 heteroatoms. The molecule has 0 bridgehead atoms. The molecule has 0 saturated heterocycles. The van der Waals surface area contributed by atoms with Crippen molar-refractivity contribution in [1.82, 2.24) is 0 Å². The quantitative estimate of drug-likeness (QED) is 0.788. The Balaban J connectivity index is 3.39. The van der Waals surface area contributed by atoms with E-state index in [0.717, 1.165) is 22.3 Å². The van der Waals surface area contributed by atoms with E-state index in [2.05, 4.69) is 19.7 Å². The van der Waals surface area contributed by atoms with Gasteiger partial charge < -0.3 is 11.5 Å². The lowest BCUT2D eigenvalue weighted by Crippen LogP contribution is -2.00. The van der Waals surface area contributed by atoms with Gasteiger partial charge in [0.15, 0.2) is 0 Å². The van der Waals surface area contributed by atoms with Crippen LogP contribution in [0.1, 0.15) is 23.6 Å². The van der Waals surface area contributed by atoms with Gasteiger partial charge in [0, 0.05) is 11.4 Å². The van der Waals surface area contributed by atoms with Gasteiger partial charge in [0.2, 0.25) is 0 Å². The Morgan fingerprint density at radius 1 is 0.867 bits per heavy atom. The normalized spacial score (nSPS) is 9.67. The predicted molar refractivity (Wildman–Crippen MR) is 67.6 cm³/mol. The van der Waals surface area contributed by atoms with Gasteiger partial charge in [-0.2, -0.15) is 0 Å². The van der Waals surface area contributed by atoms with E-state index >= 15 is 0 Å². The minimum absolute atomic E-state index is 0.514. The third-order valence-electron chi connectivity index (χ3n) is 2.17. The summed E-state index contributed by atoms with van der Waals surface area (Å²) in [6.45, 7) is 13.2. The average Bonchev–Trinajstić information content (AvgIpc) is 2.16. The molecule has 0 aliphatic heterocycles. The van der Waals surface area contributed by atoms with Crippen LogP contribution in [0.3, 0.4) is 0 Å². The maximum absolute atomic E-state index is 5.66. The van der Waals surface area contributed by atoms with Crippen molar-refractivity contribution >= 4 is 17.0 Å². The Bertz CT molecular complexity index is 363. The molecule has 78 valence electrons. The Morgan fingerprint density at radius 2 is 1.20 bits per heavy atom. The zero-order chi connectivity index (χ0) is 11.6. The van der Waals surface area contributed by atoms with E-state index < -0.39 is 0 Å². The van der Waals surface area contributed by atoms with Crippen LogP contribution in [-0.2, 0) is 0 Å². The zero-order valence-electron chi connectivity index (χ0n) is 9.01. The Morgan fingerprint density at radius 3 is 1.47 bits per heavy atom. The van der Waals surface area contributed by atoms with Crippen molar-refractivity contribution in [2.24, 2.45) is 11.5 Å². The van der Waals surface area contributed by atoms with Crippen molar-refractivity contribution in [3.63, 3.8) is 0 Å². The lowest BCUT2D eigenvalue weighted by molar-refractivity contribution is 1.44. The number of nitrogens with two attached hydrogens (primary N) is 2. The highest BCUT2D eigenvalue weighted by molar-refractivity contribution is 5.74.